The first-order valence-corrected chi connectivity index (χ1v) is 8.41. The van der Waals surface area contributed by atoms with Gasteiger partial charge in [0, 0.05) is 17.0 Å². The third kappa shape index (κ3) is 2.90. The first-order chi connectivity index (χ1) is 12.6. The Balaban J connectivity index is 1.53. The van der Waals surface area contributed by atoms with Crippen molar-refractivity contribution in [2.24, 2.45) is 0 Å². The highest BCUT2D eigenvalue weighted by Crippen LogP contribution is 2.20. The zero-order valence-corrected chi connectivity index (χ0v) is 14.6. The summed E-state index contributed by atoms with van der Waals surface area (Å²) in [5.74, 6) is 0.248. The van der Waals surface area contributed by atoms with Gasteiger partial charge in [-0.25, -0.2) is 9.50 Å². The Bertz CT molecular complexity index is 1110. The summed E-state index contributed by atoms with van der Waals surface area (Å²) >= 11 is 0. The lowest BCUT2D eigenvalue weighted by atomic mass is 10.1. The van der Waals surface area contributed by atoms with Crippen LogP contribution in [0.5, 0.6) is 0 Å². The van der Waals surface area contributed by atoms with Crippen molar-refractivity contribution in [3.63, 3.8) is 0 Å². The van der Waals surface area contributed by atoms with Gasteiger partial charge in [-0.05, 0) is 30.2 Å². The summed E-state index contributed by atoms with van der Waals surface area (Å²) in [6.07, 6.45) is 1.61. The molecule has 6 heteroatoms. The zero-order chi connectivity index (χ0) is 18.1. The second kappa shape index (κ2) is 6.55. The van der Waals surface area contributed by atoms with Crippen LogP contribution in [0.1, 0.15) is 22.5 Å². The lowest BCUT2D eigenvalue weighted by Crippen LogP contribution is -2.13. The zero-order valence-electron chi connectivity index (χ0n) is 14.6. The van der Waals surface area contributed by atoms with Crippen molar-refractivity contribution in [1.82, 2.24) is 19.6 Å². The Morgan fingerprint density at radius 1 is 1.12 bits per heavy atom. The molecule has 6 nitrogen and oxygen atoms in total. The number of ether oxygens (including phenoxy) is 1. The molecule has 0 bridgehead atoms. The van der Waals surface area contributed by atoms with Gasteiger partial charge in [0.05, 0.1) is 6.42 Å². The molecule has 26 heavy (non-hydrogen) atoms. The normalized spacial score (nSPS) is 11.2. The van der Waals surface area contributed by atoms with Crippen molar-refractivity contribution < 1.29 is 9.53 Å². The average Bonchev–Trinajstić information content (AvgIpc) is 3.12. The summed E-state index contributed by atoms with van der Waals surface area (Å²) < 4.78 is 7.17. The number of rotatable bonds is 4. The molecule has 2 heterocycles. The number of carbonyl (C=O) groups excluding carboxylic acids is 1. The SMILES string of the molecule is Cc1nc2ncnn2c(C)c1CC(=O)OCc1cccc2ccccc12. The maximum atomic E-state index is 12.4. The summed E-state index contributed by atoms with van der Waals surface area (Å²) in [6, 6.07) is 14.1. The Kier molecular flexibility index (Phi) is 4.08. The molecule has 0 aliphatic carbocycles. The maximum absolute atomic E-state index is 12.4. The molecule has 0 amide bonds. The van der Waals surface area contributed by atoms with E-state index in [4.69, 9.17) is 4.74 Å². The van der Waals surface area contributed by atoms with Gasteiger partial charge in [-0.1, -0.05) is 42.5 Å². The lowest BCUT2D eigenvalue weighted by Gasteiger charge is -2.11. The van der Waals surface area contributed by atoms with E-state index in [1.165, 1.54) is 6.33 Å². The lowest BCUT2D eigenvalue weighted by molar-refractivity contribution is -0.144. The molecule has 0 unspecified atom stereocenters. The smallest absolute Gasteiger partial charge is 0.310 e. The number of fused-ring (bicyclic) bond motifs is 2. The number of aryl methyl sites for hydroxylation is 2. The fourth-order valence-corrected chi connectivity index (χ4v) is 3.18. The van der Waals surface area contributed by atoms with Gasteiger partial charge in [0.15, 0.2) is 0 Å². The molecule has 0 atom stereocenters. The van der Waals surface area contributed by atoms with Gasteiger partial charge >= 0.3 is 5.97 Å². The van der Waals surface area contributed by atoms with Gasteiger partial charge in [0.2, 0.25) is 0 Å². The van der Waals surface area contributed by atoms with E-state index in [0.717, 1.165) is 33.3 Å². The maximum Gasteiger partial charge on any atom is 0.310 e. The Hall–Kier alpha value is -3.28. The molecule has 2 aromatic carbocycles. The van der Waals surface area contributed by atoms with Crippen LogP contribution in [-0.2, 0) is 22.6 Å². The number of hydrogen-bond donors (Lipinski definition) is 0. The van der Waals surface area contributed by atoms with E-state index in [-0.39, 0.29) is 19.0 Å². The predicted octanol–water partition coefficient (Wildman–Crippen LogP) is 3.18. The Morgan fingerprint density at radius 2 is 1.92 bits per heavy atom. The molecule has 0 aliphatic heterocycles. The second-order valence-electron chi connectivity index (χ2n) is 6.21. The van der Waals surface area contributed by atoms with E-state index in [0.29, 0.717) is 5.78 Å². The van der Waals surface area contributed by atoms with Gasteiger partial charge < -0.3 is 4.74 Å². The van der Waals surface area contributed by atoms with Crippen LogP contribution in [0.25, 0.3) is 16.6 Å². The third-order valence-corrected chi connectivity index (χ3v) is 4.58. The minimum absolute atomic E-state index is 0.158. The van der Waals surface area contributed by atoms with Crippen LogP contribution >= 0.6 is 0 Å². The standard InChI is InChI=1S/C20H18N4O2/c1-13-18(14(2)24-20(23-13)21-12-22-24)10-19(25)26-11-16-8-5-7-15-6-3-4-9-17(15)16/h3-9,12H,10-11H2,1-2H3. The van der Waals surface area contributed by atoms with E-state index in [1.807, 2.05) is 56.3 Å². The number of benzene rings is 2. The van der Waals surface area contributed by atoms with Crippen LogP contribution in [0.4, 0.5) is 0 Å². The first-order valence-electron chi connectivity index (χ1n) is 8.41. The monoisotopic (exact) mass is 346 g/mol. The van der Waals surface area contributed by atoms with Crippen molar-refractivity contribution in [2.75, 3.05) is 0 Å². The van der Waals surface area contributed by atoms with Crippen LogP contribution in [-0.4, -0.2) is 25.6 Å². The number of carbonyl (C=O) groups is 1. The topological polar surface area (TPSA) is 69.4 Å². The predicted molar refractivity (Wildman–Crippen MR) is 97.7 cm³/mol. The molecule has 0 saturated heterocycles. The minimum Gasteiger partial charge on any atom is -0.461 e. The molecule has 0 aliphatic rings. The minimum atomic E-state index is -0.287. The molecule has 0 saturated carbocycles. The first kappa shape index (κ1) is 16.2. The van der Waals surface area contributed by atoms with Gasteiger partial charge in [-0.15, -0.1) is 0 Å². The van der Waals surface area contributed by atoms with Gasteiger partial charge in [-0.3, -0.25) is 4.79 Å². The molecular formula is C20H18N4O2. The van der Waals surface area contributed by atoms with Crippen LogP contribution in [0.3, 0.4) is 0 Å². The molecule has 0 N–H and O–H groups in total. The number of aromatic nitrogens is 4. The van der Waals surface area contributed by atoms with E-state index in [9.17, 15) is 4.79 Å². The van der Waals surface area contributed by atoms with E-state index >= 15 is 0 Å². The fourth-order valence-electron chi connectivity index (χ4n) is 3.18. The summed E-state index contributed by atoms with van der Waals surface area (Å²) in [6.45, 7) is 4.02. The molecule has 2 aromatic heterocycles. The molecule has 4 aromatic rings. The van der Waals surface area contributed by atoms with Crippen LogP contribution in [0.15, 0.2) is 48.8 Å². The highest BCUT2D eigenvalue weighted by atomic mass is 16.5. The van der Waals surface area contributed by atoms with E-state index in [1.54, 1.807) is 4.52 Å². The Labute approximate surface area is 150 Å². The number of esters is 1. The fraction of sp³-hybridized carbons (Fsp3) is 0.200. The van der Waals surface area contributed by atoms with Crippen molar-refractivity contribution in [3.05, 3.63) is 71.3 Å². The highest BCUT2D eigenvalue weighted by molar-refractivity contribution is 5.85. The van der Waals surface area contributed by atoms with Crippen molar-refractivity contribution in [3.8, 4) is 0 Å². The third-order valence-electron chi connectivity index (χ3n) is 4.58. The van der Waals surface area contributed by atoms with Crippen LogP contribution < -0.4 is 0 Å². The average molecular weight is 346 g/mol. The van der Waals surface area contributed by atoms with Crippen molar-refractivity contribution in [1.29, 1.82) is 0 Å². The van der Waals surface area contributed by atoms with Gasteiger partial charge in [0.1, 0.15) is 12.9 Å². The molecule has 4 rings (SSSR count). The number of hydrogen-bond acceptors (Lipinski definition) is 5. The quantitative estimate of drug-likeness (QED) is 0.531. The van der Waals surface area contributed by atoms with Crippen LogP contribution in [0.2, 0.25) is 0 Å². The highest BCUT2D eigenvalue weighted by Gasteiger charge is 2.15. The van der Waals surface area contributed by atoms with Gasteiger partial charge in [-0.2, -0.15) is 10.1 Å². The molecule has 0 spiro atoms. The van der Waals surface area contributed by atoms with Crippen LogP contribution in [0, 0.1) is 13.8 Å². The summed E-state index contributed by atoms with van der Waals surface area (Å²) in [5, 5.41) is 6.38. The van der Waals surface area contributed by atoms with E-state index < -0.39 is 0 Å². The second-order valence-corrected chi connectivity index (χ2v) is 6.21. The molecular weight excluding hydrogens is 328 g/mol. The largest absolute Gasteiger partial charge is 0.461 e. The molecule has 0 radical (unpaired) electrons. The number of nitrogens with zero attached hydrogens (tertiary/aromatic N) is 4. The Morgan fingerprint density at radius 3 is 2.81 bits per heavy atom. The summed E-state index contributed by atoms with van der Waals surface area (Å²) in [4.78, 5) is 20.9. The van der Waals surface area contributed by atoms with Crippen molar-refractivity contribution >= 4 is 22.5 Å². The summed E-state index contributed by atoms with van der Waals surface area (Å²) in [7, 11) is 0. The summed E-state index contributed by atoms with van der Waals surface area (Å²) in [5.41, 5.74) is 3.44. The molecule has 0 fully saturated rings. The van der Waals surface area contributed by atoms with Crippen molar-refractivity contribution in [2.45, 2.75) is 26.9 Å². The molecule has 130 valence electrons. The van der Waals surface area contributed by atoms with Gasteiger partial charge in [0.25, 0.3) is 5.78 Å². The van der Waals surface area contributed by atoms with E-state index in [2.05, 4.69) is 15.1 Å².